The predicted molar refractivity (Wildman–Crippen MR) is 72.8 cm³/mol. The highest BCUT2D eigenvalue weighted by Crippen LogP contribution is 2.24. The van der Waals surface area contributed by atoms with E-state index in [4.69, 9.17) is 15.2 Å². The van der Waals surface area contributed by atoms with Gasteiger partial charge in [-0.05, 0) is 45.4 Å². The molecule has 2 aliphatic rings. The van der Waals surface area contributed by atoms with E-state index in [2.05, 4.69) is 5.32 Å². The van der Waals surface area contributed by atoms with Gasteiger partial charge in [0.1, 0.15) is 0 Å². The molecule has 3 N–H and O–H groups in total. The van der Waals surface area contributed by atoms with Crippen molar-refractivity contribution in [3.8, 4) is 0 Å². The van der Waals surface area contributed by atoms with Crippen molar-refractivity contribution >= 4 is 5.91 Å². The first-order valence-electron chi connectivity index (χ1n) is 7.37. The third kappa shape index (κ3) is 4.75. The summed E-state index contributed by atoms with van der Waals surface area (Å²) in [5.74, 6) is -0.265. The highest BCUT2D eigenvalue weighted by molar-refractivity contribution is 5.84. The van der Waals surface area contributed by atoms with E-state index in [1.165, 1.54) is 0 Å². The van der Waals surface area contributed by atoms with Crippen molar-refractivity contribution < 1.29 is 14.3 Å². The number of ether oxygens (including phenoxy) is 2. The normalized spacial score (nSPS) is 26.3. The quantitative estimate of drug-likeness (QED) is 0.612. The summed E-state index contributed by atoms with van der Waals surface area (Å²) in [6.45, 7) is 4.09. The van der Waals surface area contributed by atoms with E-state index in [1.807, 2.05) is 6.92 Å². The Kier molecular flexibility index (Phi) is 5.19. The van der Waals surface area contributed by atoms with Gasteiger partial charge in [0.2, 0.25) is 5.91 Å². The lowest BCUT2D eigenvalue weighted by Gasteiger charge is -2.27. The van der Waals surface area contributed by atoms with Gasteiger partial charge in [-0.25, -0.2) is 0 Å². The lowest BCUT2D eigenvalue weighted by Crippen LogP contribution is -2.54. The molecule has 0 bridgehead atoms. The van der Waals surface area contributed by atoms with E-state index in [1.54, 1.807) is 0 Å². The zero-order chi connectivity index (χ0) is 13.7. The first-order chi connectivity index (χ1) is 9.10. The Labute approximate surface area is 115 Å². The third-order valence-corrected chi connectivity index (χ3v) is 3.94. The van der Waals surface area contributed by atoms with Gasteiger partial charge < -0.3 is 20.5 Å². The molecule has 110 valence electrons. The molecule has 1 heterocycles. The smallest absolute Gasteiger partial charge is 0.237 e. The number of nitrogens with one attached hydrogen (secondary N) is 1. The number of nitrogens with two attached hydrogens (primary N) is 1. The maximum Gasteiger partial charge on any atom is 0.237 e. The fraction of sp³-hybridized carbons (Fsp3) is 0.929. The monoisotopic (exact) mass is 270 g/mol. The van der Waals surface area contributed by atoms with Gasteiger partial charge in [0.15, 0.2) is 0 Å². The van der Waals surface area contributed by atoms with Crippen molar-refractivity contribution in [2.45, 2.75) is 63.1 Å². The Morgan fingerprint density at radius 3 is 2.84 bits per heavy atom. The topological polar surface area (TPSA) is 73.6 Å². The van der Waals surface area contributed by atoms with E-state index in [9.17, 15) is 4.79 Å². The number of rotatable bonds is 9. The Morgan fingerprint density at radius 2 is 2.26 bits per heavy atom. The maximum atomic E-state index is 11.6. The number of hydrogen-bond acceptors (Lipinski definition) is 4. The minimum atomic E-state index is -0.589. The van der Waals surface area contributed by atoms with Gasteiger partial charge in [-0.2, -0.15) is 0 Å². The number of amides is 1. The van der Waals surface area contributed by atoms with Crippen LogP contribution >= 0.6 is 0 Å². The van der Waals surface area contributed by atoms with Crippen LogP contribution < -0.4 is 11.1 Å². The Morgan fingerprint density at radius 1 is 1.47 bits per heavy atom. The van der Waals surface area contributed by atoms with E-state index < -0.39 is 5.54 Å². The summed E-state index contributed by atoms with van der Waals surface area (Å²) in [6.07, 6.45) is 6.38. The lowest BCUT2D eigenvalue weighted by molar-refractivity contribution is -0.124. The first-order valence-corrected chi connectivity index (χ1v) is 7.37. The Hall–Kier alpha value is -0.650. The lowest BCUT2D eigenvalue weighted by atomic mass is 9.95. The number of carbonyl (C=O) groups is 1. The molecule has 1 saturated heterocycles. The van der Waals surface area contributed by atoms with Gasteiger partial charge in [-0.1, -0.05) is 0 Å². The maximum absolute atomic E-state index is 11.6. The van der Waals surface area contributed by atoms with Crippen molar-refractivity contribution in [1.82, 2.24) is 5.32 Å². The zero-order valence-electron chi connectivity index (χ0n) is 11.8. The third-order valence-electron chi connectivity index (χ3n) is 3.94. The standard InChI is InChI=1S/C14H26N2O3/c1-14(13(15)17,16-11-5-6-11)7-3-8-18-10-12-4-2-9-19-12/h11-12,16H,2-10H2,1H3,(H2,15,17). The zero-order valence-corrected chi connectivity index (χ0v) is 11.8. The molecule has 1 aliphatic carbocycles. The molecule has 0 aromatic heterocycles. The molecule has 19 heavy (non-hydrogen) atoms. The highest BCUT2D eigenvalue weighted by Gasteiger charge is 2.36. The minimum absolute atomic E-state index is 0.265. The molecule has 0 aromatic rings. The van der Waals surface area contributed by atoms with E-state index in [0.29, 0.717) is 19.3 Å². The van der Waals surface area contributed by atoms with Crippen LogP contribution in [0.1, 0.15) is 45.4 Å². The second-order valence-electron chi connectivity index (χ2n) is 5.93. The molecule has 0 aromatic carbocycles. The van der Waals surface area contributed by atoms with Crippen LogP contribution in [-0.4, -0.2) is 43.4 Å². The molecule has 1 aliphatic heterocycles. The fourth-order valence-corrected chi connectivity index (χ4v) is 2.46. The molecule has 5 heteroatoms. The molecule has 2 fully saturated rings. The second kappa shape index (κ2) is 6.68. The van der Waals surface area contributed by atoms with Crippen LogP contribution in [0.15, 0.2) is 0 Å². The van der Waals surface area contributed by atoms with E-state index >= 15 is 0 Å². The fourth-order valence-electron chi connectivity index (χ4n) is 2.46. The first kappa shape index (κ1) is 14.8. The summed E-state index contributed by atoms with van der Waals surface area (Å²) in [6, 6.07) is 0.477. The average Bonchev–Trinajstić information content (AvgIpc) is 3.02. The SMILES string of the molecule is CC(CCCOCC1CCCO1)(NC1CC1)C(N)=O. The molecule has 1 amide bonds. The average molecular weight is 270 g/mol. The van der Waals surface area contributed by atoms with Crippen LogP contribution in [0.3, 0.4) is 0 Å². The van der Waals surface area contributed by atoms with Crippen molar-refractivity contribution in [2.24, 2.45) is 5.73 Å². The summed E-state index contributed by atoms with van der Waals surface area (Å²) in [7, 11) is 0. The number of carbonyl (C=O) groups excluding carboxylic acids is 1. The molecular weight excluding hydrogens is 244 g/mol. The summed E-state index contributed by atoms with van der Waals surface area (Å²) < 4.78 is 11.1. The van der Waals surface area contributed by atoms with Crippen LogP contribution in [0.5, 0.6) is 0 Å². The van der Waals surface area contributed by atoms with E-state index in [-0.39, 0.29) is 12.0 Å². The Balaban J connectivity index is 1.60. The molecule has 0 radical (unpaired) electrons. The number of hydrogen-bond donors (Lipinski definition) is 2. The van der Waals surface area contributed by atoms with Crippen molar-refractivity contribution in [3.63, 3.8) is 0 Å². The van der Waals surface area contributed by atoms with Gasteiger partial charge in [0, 0.05) is 19.3 Å². The van der Waals surface area contributed by atoms with Crippen molar-refractivity contribution in [3.05, 3.63) is 0 Å². The van der Waals surface area contributed by atoms with Crippen molar-refractivity contribution in [1.29, 1.82) is 0 Å². The molecule has 2 rings (SSSR count). The predicted octanol–water partition coefficient (Wildman–Crippen LogP) is 0.958. The summed E-state index contributed by atoms with van der Waals surface area (Å²) in [4.78, 5) is 11.6. The number of primary amides is 1. The second-order valence-corrected chi connectivity index (χ2v) is 5.93. The van der Waals surface area contributed by atoms with Gasteiger partial charge in [-0.3, -0.25) is 4.79 Å². The molecule has 1 saturated carbocycles. The molecule has 0 spiro atoms. The van der Waals surface area contributed by atoms with Gasteiger partial charge >= 0.3 is 0 Å². The van der Waals surface area contributed by atoms with Gasteiger partial charge in [0.25, 0.3) is 0 Å². The van der Waals surface area contributed by atoms with Crippen LogP contribution in [0.4, 0.5) is 0 Å². The molecule has 5 nitrogen and oxygen atoms in total. The molecule has 2 atom stereocenters. The van der Waals surface area contributed by atoms with E-state index in [0.717, 1.165) is 45.1 Å². The molecular formula is C14H26N2O3. The van der Waals surface area contributed by atoms with Crippen LogP contribution in [0.2, 0.25) is 0 Å². The Bertz CT molecular complexity index is 301. The highest BCUT2D eigenvalue weighted by atomic mass is 16.5. The van der Waals surface area contributed by atoms with Crippen LogP contribution in [0, 0.1) is 0 Å². The summed E-state index contributed by atoms with van der Waals surface area (Å²) in [5.41, 5.74) is 4.91. The van der Waals surface area contributed by atoms with Gasteiger partial charge in [-0.15, -0.1) is 0 Å². The van der Waals surface area contributed by atoms with Crippen LogP contribution in [-0.2, 0) is 14.3 Å². The van der Waals surface area contributed by atoms with Crippen molar-refractivity contribution in [2.75, 3.05) is 19.8 Å². The largest absolute Gasteiger partial charge is 0.379 e. The molecule has 2 unspecified atom stereocenters. The van der Waals surface area contributed by atoms with Crippen LogP contribution in [0.25, 0.3) is 0 Å². The minimum Gasteiger partial charge on any atom is -0.379 e. The summed E-state index contributed by atoms with van der Waals surface area (Å²) >= 11 is 0. The van der Waals surface area contributed by atoms with Gasteiger partial charge in [0.05, 0.1) is 18.2 Å². The summed E-state index contributed by atoms with van der Waals surface area (Å²) in [5, 5.41) is 3.34.